The molecule has 2 aromatic heterocycles. The molecule has 2 aromatic carbocycles. The Morgan fingerprint density at radius 2 is 1.77 bits per heavy atom. The van der Waals surface area contributed by atoms with Crippen LogP contribution in [0.4, 0.5) is 5.69 Å². The molecule has 3 heterocycles. The van der Waals surface area contributed by atoms with Gasteiger partial charge in [0.05, 0.1) is 5.56 Å². The van der Waals surface area contributed by atoms with Gasteiger partial charge in [-0.1, -0.05) is 18.2 Å². The van der Waals surface area contributed by atoms with E-state index in [1.54, 1.807) is 18.2 Å². The van der Waals surface area contributed by atoms with Crippen molar-refractivity contribution >= 4 is 11.6 Å². The number of aromatic nitrogens is 3. The van der Waals surface area contributed by atoms with Gasteiger partial charge in [0.1, 0.15) is 6.54 Å². The zero-order valence-corrected chi connectivity index (χ0v) is 17.1. The van der Waals surface area contributed by atoms with Crippen molar-refractivity contribution in [3.63, 3.8) is 0 Å². The van der Waals surface area contributed by atoms with E-state index in [0.29, 0.717) is 29.0 Å². The van der Waals surface area contributed by atoms with Crippen molar-refractivity contribution in [2.45, 2.75) is 20.4 Å². The first-order valence-corrected chi connectivity index (χ1v) is 9.84. The molecule has 0 fully saturated rings. The van der Waals surface area contributed by atoms with E-state index in [1.807, 2.05) is 54.8 Å². The zero-order valence-electron chi connectivity index (χ0n) is 17.1. The first kappa shape index (κ1) is 18.9. The van der Waals surface area contributed by atoms with E-state index in [2.05, 4.69) is 15.5 Å². The average Bonchev–Trinajstić information content (AvgIpc) is 3.50. The molecule has 0 radical (unpaired) electrons. The summed E-state index contributed by atoms with van der Waals surface area (Å²) < 4.78 is 18.5. The summed E-state index contributed by atoms with van der Waals surface area (Å²) in [6, 6.07) is 16.9. The number of anilines is 1. The minimum Gasteiger partial charge on any atom is -0.454 e. The van der Waals surface area contributed by atoms with E-state index in [9.17, 15) is 4.79 Å². The molecular formula is C23H20N4O4. The van der Waals surface area contributed by atoms with Crippen molar-refractivity contribution in [3.05, 3.63) is 66.0 Å². The van der Waals surface area contributed by atoms with Crippen molar-refractivity contribution in [1.29, 1.82) is 0 Å². The fourth-order valence-electron chi connectivity index (χ4n) is 3.61. The number of carbonyl (C=O) groups excluding carboxylic acids is 1. The third kappa shape index (κ3) is 3.63. The average molecular weight is 416 g/mol. The van der Waals surface area contributed by atoms with Crippen LogP contribution in [0, 0.1) is 13.8 Å². The van der Waals surface area contributed by atoms with E-state index in [1.165, 1.54) is 0 Å². The molecule has 31 heavy (non-hydrogen) atoms. The van der Waals surface area contributed by atoms with Crippen LogP contribution in [0.3, 0.4) is 0 Å². The van der Waals surface area contributed by atoms with E-state index >= 15 is 0 Å². The smallest absolute Gasteiger partial charge is 0.249 e. The Morgan fingerprint density at radius 1 is 1.00 bits per heavy atom. The minimum atomic E-state index is -0.150. The first-order chi connectivity index (χ1) is 15.1. The van der Waals surface area contributed by atoms with Crippen molar-refractivity contribution in [2.24, 2.45) is 0 Å². The summed E-state index contributed by atoms with van der Waals surface area (Å²) in [5.74, 6) is 2.03. The van der Waals surface area contributed by atoms with Gasteiger partial charge in [0.15, 0.2) is 11.5 Å². The second kappa shape index (κ2) is 7.64. The van der Waals surface area contributed by atoms with Crippen molar-refractivity contribution in [2.75, 3.05) is 12.1 Å². The Kier molecular flexibility index (Phi) is 4.66. The highest BCUT2D eigenvalue weighted by molar-refractivity contribution is 5.91. The van der Waals surface area contributed by atoms with Crippen LogP contribution in [0.25, 0.3) is 22.9 Å². The number of amides is 1. The summed E-state index contributed by atoms with van der Waals surface area (Å²) >= 11 is 0. The quantitative estimate of drug-likeness (QED) is 0.525. The number of benzene rings is 2. The lowest BCUT2D eigenvalue weighted by Crippen LogP contribution is -2.20. The van der Waals surface area contributed by atoms with Gasteiger partial charge in [-0.25, -0.2) is 0 Å². The summed E-state index contributed by atoms with van der Waals surface area (Å²) in [6.07, 6.45) is 0. The number of hydrogen-bond acceptors (Lipinski definition) is 6. The molecule has 1 amide bonds. The maximum absolute atomic E-state index is 12.7. The molecule has 0 spiro atoms. The lowest BCUT2D eigenvalue weighted by Gasteiger charge is -2.10. The highest BCUT2D eigenvalue weighted by Crippen LogP contribution is 2.34. The SMILES string of the molecule is Cc1cc(-c2nnc(-c3ccccc3)o2)c(C)n1CC(=O)Nc1ccc2c(c1)OCO2. The highest BCUT2D eigenvalue weighted by Gasteiger charge is 2.19. The van der Waals surface area contributed by atoms with Crippen LogP contribution in [-0.2, 0) is 11.3 Å². The van der Waals surface area contributed by atoms with Crippen LogP contribution in [0.15, 0.2) is 59.0 Å². The molecule has 1 aliphatic heterocycles. The normalized spacial score (nSPS) is 12.2. The third-order valence-corrected chi connectivity index (χ3v) is 5.21. The molecule has 8 nitrogen and oxygen atoms in total. The topological polar surface area (TPSA) is 91.4 Å². The van der Waals surface area contributed by atoms with Gasteiger partial charge in [-0.05, 0) is 44.2 Å². The van der Waals surface area contributed by atoms with Crippen LogP contribution in [0.5, 0.6) is 11.5 Å². The Morgan fingerprint density at radius 3 is 2.61 bits per heavy atom. The molecule has 0 saturated heterocycles. The van der Waals surface area contributed by atoms with Crippen LogP contribution < -0.4 is 14.8 Å². The van der Waals surface area contributed by atoms with E-state index in [0.717, 1.165) is 22.5 Å². The van der Waals surface area contributed by atoms with Crippen molar-refractivity contribution in [1.82, 2.24) is 14.8 Å². The molecule has 1 aliphatic rings. The van der Waals surface area contributed by atoms with Crippen LogP contribution in [-0.4, -0.2) is 27.5 Å². The predicted octanol–water partition coefficient (Wildman–Crippen LogP) is 4.19. The van der Waals surface area contributed by atoms with Gasteiger partial charge < -0.3 is 23.8 Å². The molecule has 156 valence electrons. The Hall–Kier alpha value is -4.07. The standard InChI is InChI=1S/C23H20N4O4/c1-14-10-18(23-26-25-22(31-23)16-6-4-3-5-7-16)15(2)27(14)12-21(28)24-17-8-9-19-20(11-17)30-13-29-19/h3-11H,12-13H2,1-2H3,(H,24,28). The third-order valence-electron chi connectivity index (χ3n) is 5.21. The largest absolute Gasteiger partial charge is 0.454 e. The number of carbonyl (C=O) groups is 1. The summed E-state index contributed by atoms with van der Waals surface area (Å²) in [5, 5.41) is 11.3. The number of hydrogen-bond donors (Lipinski definition) is 1. The number of nitrogens with one attached hydrogen (secondary N) is 1. The minimum absolute atomic E-state index is 0.150. The fourth-order valence-corrected chi connectivity index (χ4v) is 3.61. The van der Waals surface area contributed by atoms with Crippen LogP contribution >= 0.6 is 0 Å². The maximum Gasteiger partial charge on any atom is 0.249 e. The first-order valence-electron chi connectivity index (χ1n) is 9.84. The lowest BCUT2D eigenvalue weighted by molar-refractivity contribution is -0.116. The second-order valence-corrected chi connectivity index (χ2v) is 7.27. The molecule has 8 heteroatoms. The van der Waals surface area contributed by atoms with Gasteiger partial charge in [-0.2, -0.15) is 0 Å². The van der Waals surface area contributed by atoms with E-state index in [4.69, 9.17) is 13.9 Å². The number of ether oxygens (including phenoxy) is 2. The second-order valence-electron chi connectivity index (χ2n) is 7.27. The fraction of sp³-hybridized carbons (Fsp3) is 0.174. The van der Waals surface area contributed by atoms with Crippen molar-refractivity contribution < 1.29 is 18.7 Å². The van der Waals surface area contributed by atoms with Gasteiger partial charge >= 0.3 is 0 Å². The summed E-state index contributed by atoms with van der Waals surface area (Å²) in [7, 11) is 0. The lowest BCUT2D eigenvalue weighted by atomic mass is 10.2. The van der Waals surface area contributed by atoms with Gasteiger partial charge in [0, 0.05) is 28.7 Å². The zero-order chi connectivity index (χ0) is 21.4. The molecule has 0 bridgehead atoms. The molecule has 1 N–H and O–H groups in total. The Labute approximate surface area is 178 Å². The molecular weight excluding hydrogens is 396 g/mol. The Balaban J connectivity index is 1.34. The molecule has 0 atom stereocenters. The number of aryl methyl sites for hydroxylation is 1. The predicted molar refractivity (Wildman–Crippen MR) is 114 cm³/mol. The summed E-state index contributed by atoms with van der Waals surface area (Å²) in [4.78, 5) is 12.7. The molecule has 5 rings (SSSR count). The van der Waals surface area contributed by atoms with Crippen molar-refractivity contribution in [3.8, 4) is 34.4 Å². The van der Waals surface area contributed by atoms with Gasteiger partial charge in [0.25, 0.3) is 0 Å². The van der Waals surface area contributed by atoms with E-state index in [-0.39, 0.29) is 19.2 Å². The molecule has 0 aliphatic carbocycles. The van der Waals surface area contributed by atoms with Crippen LogP contribution in [0.2, 0.25) is 0 Å². The molecule has 4 aromatic rings. The maximum atomic E-state index is 12.7. The van der Waals surface area contributed by atoms with E-state index < -0.39 is 0 Å². The molecule has 0 unspecified atom stereocenters. The number of fused-ring (bicyclic) bond motifs is 1. The number of rotatable bonds is 5. The summed E-state index contributed by atoms with van der Waals surface area (Å²) in [5.41, 5.74) is 4.12. The van der Waals surface area contributed by atoms with Crippen LogP contribution in [0.1, 0.15) is 11.4 Å². The monoisotopic (exact) mass is 416 g/mol. The van der Waals surface area contributed by atoms with Gasteiger partial charge in [0.2, 0.25) is 24.5 Å². The summed E-state index contributed by atoms with van der Waals surface area (Å²) in [6.45, 7) is 4.23. The van der Waals surface area contributed by atoms with Gasteiger partial charge in [-0.15, -0.1) is 10.2 Å². The Bertz CT molecular complexity index is 1260. The molecule has 0 saturated carbocycles. The van der Waals surface area contributed by atoms with Gasteiger partial charge in [-0.3, -0.25) is 4.79 Å². The number of nitrogens with zero attached hydrogens (tertiary/aromatic N) is 3. The highest BCUT2D eigenvalue weighted by atomic mass is 16.7.